The van der Waals surface area contributed by atoms with Crippen molar-refractivity contribution >= 4 is 0 Å². The monoisotopic (exact) mass is 280 g/mol. The molecule has 106 valence electrons. The molecule has 0 N–H and O–H groups in total. The molecule has 4 heteroatoms. The molecule has 0 saturated carbocycles. The Hall–Kier alpha value is -2.62. The highest BCUT2D eigenvalue weighted by Gasteiger charge is 2.15. The summed E-state index contributed by atoms with van der Waals surface area (Å²) in [6.07, 6.45) is 1.77. The molecular weight excluding hydrogens is 264 g/mol. The summed E-state index contributed by atoms with van der Waals surface area (Å²) in [5.74, 6) is 1.29. The van der Waals surface area contributed by atoms with Crippen LogP contribution in [0.2, 0.25) is 0 Å². The van der Waals surface area contributed by atoms with Gasteiger partial charge in [0.1, 0.15) is 12.4 Å². The molecule has 0 fully saturated rings. The zero-order valence-electron chi connectivity index (χ0n) is 11.8. The largest absolute Gasteiger partial charge is 0.471 e. The second kappa shape index (κ2) is 6.22. The van der Waals surface area contributed by atoms with Crippen molar-refractivity contribution in [2.24, 2.45) is 0 Å². The third-order valence-corrected chi connectivity index (χ3v) is 3.29. The van der Waals surface area contributed by atoms with Gasteiger partial charge in [0.05, 0.1) is 11.6 Å². The Kier molecular flexibility index (Phi) is 3.96. The maximum atomic E-state index is 5.63. The van der Waals surface area contributed by atoms with Gasteiger partial charge in [-0.25, -0.2) is 0 Å². The molecule has 1 unspecified atom stereocenters. The van der Waals surface area contributed by atoms with E-state index in [0.717, 1.165) is 17.0 Å². The fourth-order valence-electron chi connectivity index (χ4n) is 2.05. The van der Waals surface area contributed by atoms with Gasteiger partial charge in [-0.1, -0.05) is 36.4 Å². The highest BCUT2D eigenvalue weighted by atomic mass is 16.5. The van der Waals surface area contributed by atoms with Crippen molar-refractivity contribution in [1.82, 2.24) is 10.1 Å². The fourth-order valence-corrected chi connectivity index (χ4v) is 2.05. The van der Waals surface area contributed by atoms with Crippen molar-refractivity contribution in [2.45, 2.75) is 19.4 Å². The lowest BCUT2D eigenvalue weighted by Crippen LogP contribution is -1.97. The van der Waals surface area contributed by atoms with Crippen LogP contribution in [0.15, 0.2) is 65.3 Å². The highest BCUT2D eigenvalue weighted by molar-refractivity contribution is 5.23. The standard InChI is InChI=1S/C17H16N2O2/c1-13(15-9-5-6-10-18-15)16-11-17(19-21-16)20-12-14-7-3-2-4-8-14/h2-11,13H,12H2,1H3. The summed E-state index contributed by atoms with van der Waals surface area (Å²) in [5.41, 5.74) is 2.04. The number of hydrogen-bond donors (Lipinski definition) is 0. The van der Waals surface area contributed by atoms with Crippen LogP contribution in [0.5, 0.6) is 5.88 Å². The van der Waals surface area contributed by atoms with Crippen LogP contribution < -0.4 is 4.74 Å². The quantitative estimate of drug-likeness (QED) is 0.713. The van der Waals surface area contributed by atoms with Gasteiger partial charge < -0.3 is 9.26 Å². The number of rotatable bonds is 5. The molecule has 2 aromatic heterocycles. The smallest absolute Gasteiger partial charge is 0.254 e. The second-order valence-corrected chi connectivity index (χ2v) is 4.82. The van der Waals surface area contributed by atoms with Crippen LogP contribution in [0.4, 0.5) is 0 Å². The van der Waals surface area contributed by atoms with Gasteiger partial charge >= 0.3 is 0 Å². The summed E-state index contributed by atoms with van der Waals surface area (Å²) in [7, 11) is 0. The molecule has 0 radical (unpaired) electrons. The summed E-state index contributed by atoms with van der Waals surface area (Å²) in [6, 6.07) is 17.6. The molecule has 0 bridgehead atoms. The number of pyridine rings is 1. The molecule has 0 spiro atoms. The average molecular weight is 280 g/mol. The zero-order valence-corrected chi connectivity index (χ0v) is 11.8. The predicted molar refractivity (Wildman–Crippen MR) is 79.0 cm³/mol. The Bertz CT molecular complexity index is 680. The maximum Gasteiger partial charge on any atom is 0.254 e. The van der Waals surface area contributed by atoms with E-state index in [9.17, 15) is 0 Å². The molecule has 21 heavy (non-hydrogen) atoms. The van der Waals surface area contributed by atoms with Crippen LogP contribution in [0, 0.1) is 0 Å². The minimum atomic E-state index is 0.0489. The van der Waals surface area contributed by atoms with Gasteiger partial charge in [-0.3, -0.25) is 4.98 Å². The first kappa shape index (κ1) is 13.4. The molecule has 1 aromatic carbocycles. The molecule has 0 amide bonds. The van der Waals surface area contributed by atoms with E-state index in [2.05, 4.69) is 10.1 Å². The van der Waals surface area contributed by atoms with Gasteiger partial charge in [0.2, 0.25) is 0 Å². The summed E-state index contributed by atoms with van der Waals surface area (Å²) < 4.78 is 11.0. The number of ether oxygens (including phenoxy) is 1. The Morgan fingerprint density at radius 2 is 1.90 bits per heavy atom. The van der Waals surface area contributed by atoms with Gasteiger partial charge in [0.15, 0.2) is 0 Å². The lowest BCUT2D eigenvalue weighted by atomic mass is 10.0. The fraction of sp³-hybridized carbons (Fsp3) is 0.176. The van der Waals surface area contributed by atoms with Crippen LogP contribution >= 0.6 is 0 Å². The van der Waals surface area contributed by atoms with E-state index in [-0.39, 0.29) is 5.92 Å². The first-order valence-corrected chi connectivity index (χ1v) is 6.87. The van der Waals surface area contributed by atoms with Crippen LogP contribution in [0.25, 0.3) is 0 Å². The molecule has 0 aliphatic carbocycles. The minimum absolute atomic E-state index is 0.0489. The summed E-state index contributed by atoms with van der Waals surface area (Å²) >= 11 is 0. The van der Waals surface area contributed by atoms with Gasteiger partial charge in [-0.2, -0.15) is 0 Å². The molecule has 3 aromatic rings. The summed E-state index contributed by atoms with van der Waals surface area (Å²) in [4.78, 5) is 4.33. The maximum absolute atomic E-state index is 5.63. The van der Waals surface area contributed by atoms with E-state index in [1.54, 1.807) is 6.20 Å². The first-order valence-electron chi connectivity index (χ1n) is 6.87. The van der Waals surface area contributed by atoms with Crippen molar-refractivity contribution in [3.63, 3.8) is 0 Å². The number of aromatic nitrogens is 2. The van der Waals surface area contributed by atoms with E-state index in [0.29, 0.717) is 12.5 Å². The number of hydrogen-bond acceptors (Lipinski definition) is 4. The molecule has 0 aliphatic rings. The SMILES string of the molecule is CC(c1ccccn1)c1cc(OCc2ccccc2)no1. The lowest BCUT2D eigenvalue weighted by Gasteiger charge is -2.05. The zero-order chi connectivity index (χ0) is 14.5. The third-order valence-electron chi connectivity index (χ3n) is 3.29. The normalized spacial score (nSPS) is 12.0. The first-order chi connectivity index (χ1) is 10.3. The predicted octanol–water partition coefficient (Wildman–Crippen LogP) is 3.80. The molecule has 0 saturated heterocycles. The number of nitrogens with zero attached hydrogens (tertiary/aromatic N) is 2. The highest BCUT2D eigenvalue weighted by Crippen LogP contribution is 2.25. The molecule has 0 aliphatic heterocycles. The van der Waals surface area contributed by atoms with E-state index < -0.39 is 0 Å². The molecule has 4 nitrogen and oxygen atoms in total. The van der Waals surface area contributed by atoms with E-state index >= 15 is 0 Å². The van der Waals surface area contributed by atoms with Gasteiger partial charge in [0.25, 0.3) is 5.88 Å². The van der Waals surface area contributed by atoms with Crippen molar-refractivity contribution in [2.75, 3.05) is 0 Å². The van der Waals surface area contributed by atoms with Crippen LogP contribution in [-0.2, 0) is 6.61 Å². The van der Waals surface area contributed by atoms with Crippen molar-refractivity contribution in [3.8, 4) is 5.88 Å². The van der Waals surface area contributed by atoms with Crippen LogP contribution in [-0.4, -0.2) is 10.1 Å². The van der Waals surface area contributed by atoms with Gasteiger partial charge in [-0.15, -0.1) is 0 Å². The molecule has 2 heterocycles. The Morgan fingerprint density at radius 3 is 2.67 bits per heavy atom. The van der Waals surface area contributed by atoms with Crippen molar-refractivity contribution < 1.29 is 9.26 Å². The van der Waals surface area contributed by atoms with Crippen LogP contribution in [0.3, 0.4) is 0 Å². The molecule has 3 rings (SSSR count). The van der Waals surface area contributed by atoms with Crippen LogP contribution in [0.1, 0.15) is 29.9 Å². The van der Waals surface area contributed by atoms with Gasteiger partial charge in [0, 0.05) is 12.3 Å². The van der Waals surface area contributed by atoms with Gasteiger partial charge in [-0.05, 0) is 29.8 Å². The number of benzene rings is 1. The summed E-state index contributed by atoms with van der Waals surface area (Å²) in [6.45, 7) is 2.51. The second-order valence-electron chi connectivity index (χ2n) is 4.82. The van der Waals surface area contributed by atoms with Crippen molar-refractivity contribution in [3.05, 3.63) is 77.8 Å². The third kappa shape index (κ3) is 3.28. The summed E-state index contributed by atoms with van der Waals surface area (Å²) in [5, 5.41) is 3.95. The topological polar surface area (TPSA) is 48.2 Å². The Labute approximate surface area is 123 Å². The minimum Gasteiger partial charge on any atom is -0.471 e. The van der Waals surface area contributed by atoms with E-state index in [1.807, 2.05) is 61.5 Å². The van der Waals surface area contributed by atoms with E-state index in [4.69, 9.17) is 9.26 Å². The van der Waals surface area contributed by atoms with Crippen molar-refractivity contribution in [1.29, 1.82) is 0 Å². The Balaban J connectivity index is 1.66. The molecule has 1 atom stereocenters. The average Bonchev–Trinajstić information content (AvgIpc) is 3.03. The Morgan fingerprint density at radius 1 is 1.10 bits per heavy atom. The lowest BCUT2D eigenvalue weighted by molar-refractivity contribution is 0.265. The van der Waals surface area contributed by atoms with E-state index in [1.165, 1.54) is 0 Å². The molecular formula is C17H16N2O2.